The summed E-state index contributed by atoms with van der Waals surface area (Å²) in [6, 6.07) is 0. The Bertz CT molecular complexity index is 419. The molecule has 6 nitrogen and oxygen atoms in total. The molecule has 2 rings (SSSR count). The Morgan fingerprint density at radius 3 is 2.89 bits per heavy atom. The monoisotopic (exact) mass is 266 g/mol. The van der Waals surface area contributed by atoms with Gasteiger partial charge in [-0.1, -0.05) is 0 Å². The van der Waals surface area contributed by atoms with E-state index in [2.05, 4.69) is 15.6 Å². The van der Waals surface area contributed by atoms with E-state index in [1.54, 1.807) is 24.2 Å². The number of methoxy groups -OCH3 is 1. The highest BCUT2D eigenvalue weighted by molar-refractivity contribution is 5.92. The third-order valence-electron chi connectivity index (χ3n) is 3.68. The van der Waals surface area contributed by atoms with Crippen molar-refractivity contribution in [3.63, 3.8) is 0 Å². The standard InChI is InChI=1S/C13H22N4O2/c1-17-7-11(16-10-17)12(18)15-8-13(9-19-2)3-5-14-6-4-13/h7,10,14H,3-6,8-9H2,1-2H3,(H,15,18). The van der Waals surface area contributed by atoms with Crippen molar-refractivity contribution >= 4 is 5.91 Å². The zero-order valence-corrected chi connectivity index (χ0v) is 11.6. The second-order valence-electron chi connectivity index (χ2n) is 5.29. The van der Waals surface area contributed by atoms with Gasteiger partial charge in [-0.3, -0.25) is 4.79 Å². The Labute approximate surface area is 113 Å². The van der Waals surface area contributed by atoms with Crippen LogP contribution in [0.2, 0.25) is 0 Å². The molecule has 1 aliphatic heterocycles. The summed E-state index contributed by atoms with van der Waals surface area (Å²) in [5, 5.41) is 6.32. The maximum Gasteiger partial charge on any atom is 0.271 e. The number of hydrogen-bond donors (Lipinski definition) is 2. The minimum absolute atomic E-state index is 0.0461. The number of imidazole rings is 1. The van der Waals surface area contributed by atoms with Crippen LogP contribution < -0.4 is 10.6 Å². The third-order valence-corrected chi connectivity index (χ3v) is 3.68. The number of ether oxygens (including phenoxy) is 1. The van der Waals surface area contributed by atoms with E-state index in [4.69, 9.17) is 4.74 Å². The average molecular weight is 266 g/mol. The van der Waals surface area contributed by atoms with Crippen molar-refractivity contribution in [2.75, 3.05) is 33.4 Å². The molecule has 0 saturated carbocycles. The molecule has 0 spiro atoms. The quantitative estimate of drug-likeness (QED) is 0.797. The first-order valence-electron chi connectivity index (χ1n) is 6.61. The summed E-state index contributed by atoms with van der Waals surface area (Å²) in [5.41, 5.74) is 0.508. The number of carbonyl (C=O) groups is 1. The van der Waals surface area contributed by atoms with Gasteiger partial charge in [0.1, 0.15) is 5.69 Å². The molecule has 0 aromatic carbocycles. The van der Waals surface area contributed by atoms with E-state index in [9.17, 15) is 4.79 Å². The minimum atomic E-state index is -0.116. The van der Waals surface area contributed by atoms with Crippen molar-refractivity contribution in [1.82, 2.24) is 20.2 Å². The van der Waals surface area contributed by atoms with Crippen LogP contribution in [0.15, 0.2) is 12.5 Å². The van der Waals surface area contributed by atoms with Crippen LogP contribution in [0, 0.1) is 5.41 Å². The molecule has 1 aliphatic rings. The molecule has 0 radical (unpaired) electrons. The fraction of sp³-hybridized carbons (Fsp3) is 0.692. The summed E-state index contributed by atoms with van der Waals surface area (Å²) in [4.78, 5) is 16.1. The predicted molar refractivity (Wildman–Crippen MR) is 72.0 cm³/mol. The van der Waals surface area contributed by atoms with Crippen molar-refractivity contribution in [3.05, 3.63) is 18.2 Å². The number of nitrogens with one attached hydrogen (secondary N) is 2. The van der Waals surface area contributed by atoms with Gasteiger partial charge in [0.25, 0.3) is 5.91 Å². The molecule has 1 aromatic rings. The van der Waals surface area contributed by atoms with Gasteiger partial charge in [0.05, 0.1) is 12.9 Å². The highest BCUT2D eigenvalue weighted by Gasteiger charge is 2.32. The smallest absolute Gasteiger partial charge is 0.271 e. The fourth-order valence-corrected chi connectivity index (χ4v) is 2.52. The summed E-state index contributed by atoms with van der Waals surface area (Å²) in [7, 11) is 3.56. The number of aryl methyl sites for hydroxylation is 1. The molecule has 2 heterocycles. The van der Waals surface area contributed by atoms with Gasteiger partial charge >= 0.3 is 0 Å². The van der Waals surface area contributed by atoms with E-state index >= 15 is 0 Å². The molecule has 1 amide bonds. The number of piperidine rings is 1. The molecule has 6 heteroatoms. The molecule has 0 aliphatic carbocycles. The number of amides is 1. The van der Waals surface area contributed by atoms with Gasteiger partial charge in [0, 0.05) is 32.3 Å². The first kappa shape index (κ1) is 14.0. The predicted octanol–water partition coefficient (Wildman–Crippen LogP) is 0.166. The van der Waals surface area contributed by atoms with Gasteiger partial charge in [-0.2, -0.15) is 0 Å². The topological polar surface area (TPSA) is 68.2 Å². The Morgan fingerprint density at radius 1 is 1.58 bits per heavy atom. The van der Waals surface area contributed by atoms with Gasteiger partial charge in [0.15, 0.2) is 0 Å². The molecule has 0 bridgehead atoms. The molecule has 1 saturated heterocycles. The second kappa shape index (κ2) is 6.16. The number of aromatic nitrogens is 2. The Kier molecular flexibility index (Phi) is 4.55. The SMILES string of the molecule is COCC1(CNC(=O)c2cn(C)cn2)CCNCC1. The van der Waals surface area contributed by atoms with Gasteiger partial charge in [-0.25, -0.2) is 4.98 Å². The van der Waals surface area contributed by atoms with E-state index in [0.29, 0.717) is 18.8 Å². The van der Waals surface area contributed by atoms with Crippen LogP contribution in [0.1, 0.15) is 23.3 Å². The summed E-state index contributed by atoms with van der Waals surface area (Å²) in [6.45, 7) is 3.26. The normalized spacial score (nSPS) is 18.2. The van der Waals surface area contributed by atoms with Crippen molar-refractivity contribution in [1.29, 1.82) is 0 Å². The number of carbonyl (C=O) groups excluding carboxylic acids is 1. The molecular weight excluding hydrogens is 244 g/mol. The van der Waals surface area contributed by atoms with Crippen LogP contribution in [0.25, 0.3) is 0 Å². The van der Waals surface area contributed by atoms with Crippen LogP contribution in [-0.4, -0.2) is 48.8 Å². The molecule has 19 heavy (non-hydrogen) atoms. The molecule has 1 aromatic heterocycles. The summed E-state index contributed by atoms with van der Waals surface area (Å²) in [6.07, 6.45) is 5.39. The highest BCUT2D eigenvalue weighted by atomic mass is 16.5. The van der Waals surface area contributed by atoms with Crippen LogP contribution in [-0.2, 0) is 11.8 Å². The molecule has 2 N–H and O–H groups in total. The van der Waals surface area contributed by atoms with Crippen LogP contribution in [0.3, 0.4) is 0 Å². The van der Waals surface area contributed by atoms with Crippen molar-refractivity contribution in [2.45, 2.75) is 12.8 Å². The lowest BCUT2D eigenvalue weighted by Gasteiger charge is -2.37. The highest BCUT2D eigenvalue weighted by Crippen LogP contribution is 2.28. The van der Waals surface area contributed by atoms with E-state index in [-0.39, 0.29) is 11.3 Å². The zero-order chi connectivity index (χ0) is 13.7. The maximum absolute atomic E-state index is 12.0. The van der Waals surface area contributed by atoms with Crippen molar-refractivity contribution < 1.29 is 9.53 Å². The minimum Gasteiger partial charge on any atom is -0.384 e. The van der Waals surface area contributed by atoms with Crippen molar-refractivity contribution in [2.24, 2.45) is 12.5 Å². The number of hydrogen-bond acceptors (Lipinski definition) is 4. The number of rotatable bonds is 5. The van der Waals surface area contributed by atoms with E-state index in [1.165, 1.54) is 0 Å². The van der Waals surface area contributed by atoms with Crippen LogP contribution >= 0.6 is 0 Å². The van der Waals surface area contributed by atoms with E-state index < -0.39 is 0 Å². The van der Waals surface area contributed by atoms with Gasteiger partial charge in [-0.05, 0) is 25.9 Å². The Hall–Kier alpha value is -1.40. The van der Waals surface area contributed by atoms with Gasteiger partial charge in [0.2, 0.25) is 0 Å². The third kappa shape index (κ3) is 3.54. The Morgan fingerprint density at radius 2 is 2.32 bits per heavy atom. The molecule has 1 fully saturated rings. The van der Waals surface area contributed by atoms with E-state index in [0.717, 1.165) is 25.9 Å². The van der Waals surface area contributed by atoms with E-state index in [1.807, 2.05) is 7.05 Å². The molecular formula is C13H22N4O2. The molecule has 106 valence electrons. The lowest BCUT2D eigenvalue weighted by Crippen LogP contribution is -2.47. The lowest BCUT2D eigenvalue weighted by molar-refractivity contribution is 0.0511. The largest absolute Gasteiger partial charge is 0.384 e. The fourth-order valence-electron chi connectivity index (χ4n) is 2.52. The maximum atomic E-state index is 12.0. The van der Waals surface area contributed by atoms with Crippen LogP contribution in [0.5, 0.6) is 0 Å². The van der Waals surface area contributed by atoms with Gasteiger partial charge in [-0.15, -0.1) is 0 Å². The first-order chi connectivity index (χ1) is 9.15. The second-order valence-corrected chi connectivity index (χ2v) is 5.29. The van der Waals surface area contributed by atoms with Crippen LogP contribution in [0.4, 0.5) is 0 Å². The summed E-state index contributed by atoms with van der Waals surface area (Å²) >= 11 is 0. The van der Waals surface area contributed by atoms with Gasteiger partial charge < -0.3 is 19.9 Å². The first-order valence-corrected chi connectivity index (χ1v) is 6.61. The molecule has 0 atom stereocenters. The zero-order valence-electron chi connectivity index (χ0n) is 11.6. The number of nitrogens with zero attached hydrogens (tertiary/aromatic N) is 2. The summed E-state index contributed by atoms with van der Waals surface area (Å²) < 4.78 is 7.10. The summed E-state index contributed by atoms with van der Waals surface area (Å²) in [5.74, 6) is -0.116. The average Bonchev–Trinajstić information content (AvgIpc) is 2.84. The Balaban J connectivity index is 1.93. The van der Waals surface area contributed by atoms with Crippen molar-refractivity contribution in [3.8, 4) is 0 Å². The molecule has 0 unspecified atom stereocenters. The lowest BCUT2D eigenvalue weighted by atomic mass is 9.79.